The van der Waals surface area contributed by atoms with Crippen molar-refractivity contribution < 1.29 is 23.7 Å². The van der Waals surface area contributed by atoms with Crippen LogP contribution in [0.5, 0.6) is 23.0 Å². The minimum Gasteiger partial charge on any atom is -0.508 e. The summed E-state index contributed by atoms with van der Waals surface area (Å²) in [6.07, 6.45) is 0. The van der Waals surface area contributed by atoms with Gasteiger partial charge in [-0.25, -0.2) is 4.39 Å². The van der Waals surface area contributed by atoms with Gasteiger partial charge in [0.1, 0.15) is 35.6 Å². The largest absolute Gasteiger partial charge is 0.508 e. The van der Waals surface area contributed by atoms with E-state index in [1.54, 1.807) is 36.4 Å². The van der Waals surface area contributed by atoms with Crippen LogP contribution in [0.4, 0.5) is 4.39 Å². The molecule has 0 aromatic heterocycles. The Morgan fingerprint density at radius 3 is 2.72 bits per heavy atom. The average molecular weight is 453 g/mol. The van der Waals surface area contributed by atoms with Crippen LogP contribution in [-0.4, -0.2) is 12.2 Å². The van der Waals surface area contributed by atoms with Gasteiger partial charge in [0.25, 0.3) is 0 Å². The minimum atomic E-state index is -0.601. The zero-order valence-corrected chi connectivity index (χ0v) is 17.7. The molecular weight excluding hydrogens is 435 g/mol. The van der Waals surface area contributed by atoms with E-state index in [1.807, 2.05) is 0 Å². The molecule has 162 valence electrons. The lowest BCUT2D eigenvalue weighted by molar-refractivity contribution is 0.279. The summed E-state index contributed by atoms with van der Waals surface area (Å²) in [4.78, 5) is 0. The van der Waals surface area contributed by atoms with Crippen LogP contribution < -0.4 is 19.9 Å². The van der Waals surface area contributed by atoms with Crippen LogP contribution in [0, 0.1) is 17.1 Å². The Kier molecular flexibility index (Phi) is 5.80. The fraction of sp³-hybridized carbons (Fsp3) is 0.125. The Morgan fingerprint density at radius 1 is 1.22 bits per heavy atom. The molecule has 3 N–H and O–H groups in total. The number of hydrogen-bond acceptors (Lipinski definition) is 6. The van der Waals surface area contributed by atoms with E-state index in [0.717, 1.165) is 0 Å². The molecular formula is C24H18ClFN2O4. The molecule has 4 rings (SSSR count). The molecule has 0 saturated carbocycles. The first-order valence-electron chi connectivity index (χ1n) is 9.57. The number of benzene rings is 3. The third-order valence-electron chi connectivity index (χ3n) is 5.12. The third-order valence-corrected chi connectivity index (χ3v) is 5.40. The van der Waals surface area contributed by atoms with Crippen molar-refractivity contribution in [1.29, 1.82) is 5.26 Å². The first-order chi connectivity index (χ1) is 15.4. The zero-order chi connectivity index (χ0) is 22.8. The van der Waals surface area contributed by atoms with Crippen LogP contribution in [-0.2, 0) is 6.61 Å². The summed E-state index contributed by atoms with van der Waals surface area (Å²) < 4.78 is 30.7. The van der Waals surface area contributed by atoms with Crippen molar-refractivity contribution in [1.82, 2.24) is 0 Å². The van der Waals surface area contributed by atoms with Gasteiger partial charge in [-0.3, -0.25) is 0 Å². The number of ether oxygens (including phenoxy) is 3. The molecule has 0 radical (unpaired) electrons. The van der Waals surface area contributed by atoms with E-state index in [9.17, 15) is 14.8 Å². The predicted octanol–water partition coefficient (Wildman–Crippen LogP) is 4.99. The van der Waals surface area contributed by atoms with Gasteiger partial charge in [0.05, 0.1) is 18.1 Å². The molecule has 3 aromatic rings. The van der Waals surface area contributed by atoms with Crippen LogP contribution in [0.1, 0.15) is 22.6 Å². The van der Waals surface area contributed by atoms with Crippen LogP contribution in [0.25, 0.3) is 0 Å². The second-order valence-electron chi connectivity index (χ2n) is 7.06. The average Bonchev–Trinajstić information content (AvgIpc) is 2.77. The van der Waals surface area contributed by atoms with Crippen LogP contribution in [0.2, 0.25) is 5.02 Å². The summed E-state index contributed by atoms with van der Waals surface area (Å²) in [5, 5.41) is 19.7. The molecule has 6 nitrogen and oxygen atoms in total. The Bertz CT molecular complexity index is 1270. The quantitative estimate of drug-likeness (QED) is 0.566. The number of nitrogens with two attached hydrogens (primary N) is 1. The van der Waals surface area contributed by atoms with Gasteiger partial charge >= 0.3 is 0 Å². The number of aromatic hydroxyl groups is 1. The van der Waals surface area contributed by atoms with E-state index >= 15 is 0 Å². The number of nitriles is 1. The summed E-state index contributed by atoms with van der Waals surface area (Å²) in [6, 6.07) is 16.3. The van der Waals surface area contributed by atoms with E-state index < -0.39 is 5.92 Å². The van der Waals surface area contributed by atoms with Crippen molar-refractivity contribution in [3.8, 4) is 29.1 Å². The fourth-order valence-corrected chi connectivity index (χ4v) is 3.87. The van der Waals surface area contributed by atoms with Crippen LogP contribution in [0.15, 0.2) is 66.1 Å². The molecule has 0 amide bonds. The number of halogens is 2. The molecule has 1 heterocycles. The van der Waals surface area contributed by atoms with Crippen molar-refractivity contribution in [2.45, 2.75) is 12.5 Å². The van der Waals surface area contributed by atoms with Crippen molar-refractivity contribution in [3.63, 3.8) is 0 Å². The highest BCUT2D eigenvalue weighted by molar-refractivity contribution is 6.32. The summed E-state index contributed by atoms with van der Waals surface area (Å²) >= 11 is 6.52. The lowest BCUT2D eigenvalue weighted by Gasteiger charge is -2.27. The first-order valence-corrected chi connectivity index (χ1v) is 9.94. The second kappa shape index (κ2) is 8.69. The molecule has 0 unspecified atom stereocenters. The second-order valence-corrected chi connectivity index (χ2v) is 7.47. The zero-order valence-electron chi connectivity index (χ0n) is 16.9. The summed E-state index contributed by atoms with van der Waals surface area (Å²) in [6.45, 7) is -0.0439. The number of hydrogen-bond donors (Lipinski definition) is 2. The molecule has 0 fully saturated rings. The normalized spacial score (nSPS) is 14.9. The van der Waals surface area contributed by atoms with E-state index in [1.165, 1.54) is 25.3 Å². The van der Waals surface area contributed by atoms with Crippen molar-refractivity contribution in [2.24, 2.45) is 5.73 Å². The highest BCUT2D eigenvalue weighted by Crippen LogP contribution is 2.47. The smallest absolute Gasteiger partial charge is 0.205 e. The monoisotopic (exact) mass is 452 g/mol. The first kappa shape index (κ1) is 21.3. The maximum absolute atomic E-state index is 13.9. The van der Waals surface area contributed by atoms with Crippen molar-refractivity contribution in [2.75, 3.05) is 7.11 Å². The number of rotatable bonds is 5. The number of allylic oxidation sites excluding steroid dienone is 1. The van der Waals surface area contributed by atoms with Gasteiger partial charge < -0.3 is 25.1 Å². The highest BCUT2D eigenvalue weighted by Gasteiger charge is 2.32. The van der Waals surface area contributed by atoms with Gasteiger partial charge in [0.2, 0.25) is 5.88 Å². The lowest BCUT2D eigenvalue weighted by Crippen LogP contribution is -2.21. The number of methoxy groups -OCH3 is 1. The minimum absolute atomic E-state index is 0.00297. The molecule has 1 aliphatic rings. The van der Waals surface area contributed by atoms with Gasteiger partial charge in [-0.05, 0) is 29.8 Å². The number of phenolic OH excluding ortho intramolecular Hbond substituents is 1. The molecule has 0 saturated heterocycles. The number of nitrogens with zero attached hydrogens (tertiary/aromatic N) is 1. The molecule has 0 aliphatic carbocycles. The van der Waals surface area contributed by atoms with Gasteiger partial charge in [0, 0.05) is 17.2 Å². The maximum Gasteiger partial charge on any atom is 0.205 e. The molecule has 3 aromatic carbocycles. The van der Waals surface area contributed by atoms with E-state index in [0.29, 0.717) is 28.2 Å². The SMILES string of the molecule is COc1cc([C@H]2C(C#N)=C(N)Oc3cc(O)ccc32)cc(Cl)c1OCc1ccccc1F. The van der Waals surface area contributed by atoms with Gasteiger partial charge in [-0.1, -0.05) is 35.9 Å². The molecule has 0 bridgehead atoms. The van der Waals surface area contributed by atoms with E-state index in [-0.39, 0.29) is 40.4 Å². The van der Waals surface area contributed by atoms with Crippen LogP contribution >= 0.6 is 11.6 Å². The summed E-state index contributed by atoms with van der Waals surface area (Å²) in [7, 11) is 1.46. The standard InChI is InChI=1S/C24H18ClFN2O4/c1-30-21-9-14(8-18(25)23(21)31-12-13-4-2-3-5-19(13)26)22-16-7-6-15(29)10-20(16)32-24(28)17(22)11-27/h2-10,22,29H,12,28H2,1H3/t22-/m1/s1. The van der Waals surface area contributed by atoms with E-state index in [2.05, 4.69) is 6.07 Å². The van der Waals surface area contributed by atoms with Crippen LogP contribution in [0.3, 0.4) is 0 Å². The lowest BCUT2D eigenvalue weighted by atomic mass is 9.83. The van der Waals surface area contributed by atoms with E-state index in [4.69, 9.17) is 31.5 Å². The Labute approximate surface area is 188 Å². The Balaban J connectivity index is 1.76. The molecule has 8 heteroatoms. The topological polar surface area (TPSA) is 97.7 Å². The Hall–Kier alpha value is -3.89. The number of phenols is 1. The van der Waals surface area contributed by atoms with Crippen molar-refractivity contribution >= 4 is 11.6 Å². The number of fused-ring (bicyclic) bond motifs is 1. The Morgan fingerprint density at radius 2 is 2.00 bits per heavy atom. The fourth-order valence-electron chi connectivity index (χ4n) is 3.60. The summed E-state index contributed by atoms with van der Waals surface area (Å²) in [5.41, 5.74) is 7.78. The molecule has 1 atom stereocenters. The van der Waals surface area contributed by atoms with Gasteiger partial charge in [-0.2, -0.15) is 5.26 Å². The van der Waals surface area contributed by atoms with Gasteiger partial charge in [-0.15, -0.1) is 0 Å². The summed E-state index contributed by atoms with van der Waals surface area (Å²) in [5.74, 6) is -0.159. The van der Waals surface area contributed by atoms with Gasteiger partial charge in [0.15, 0.2) is 11.5 Å². The predicted molar refractivity (Wildman–Crippen MR) is 116 cm³/mol. The third kappa shape index (κ3) is 3.88. The van der Waals surface area contributed by atoms with Crippen molar-refractivity contribution in [3.05, 3.63) is 93.6 Å². The molecule has 0 spiro atoms. The highest BCUT2D eigenvalue weighted by atomic mass is 35.5. The molecule has 32 heavy (non-hydrogen) atoms. The molecule has 1 aliphatic heterocycles. The maximum atomic E-state index is 13.9.